The third kappa shape index (κ3) is 2.58. The lowest BCUT2D eigenvalue weighted by Gasteiger charge is -2.43. The summed E-state index contributed by atoms with van der Waals surface area (Å²) in [6.07, 6.45) is 6.11. The van der Waals surface area contributed by atoms with Crippen molar-refractivity contribution < 1.29 is 14.3 Å². The van der Waals surface area contributed by atoms with Gasteiger partial charge in [0, 0.05) is 11.0 Å². The zero-order valence-corrected chi connectivity index (χ0v) is 12.1. The molecular formula is C18H19FO2. The van der Waals surface area contributed by atoms with Gasteiger partial charge in [-0.1, -0.05) is 24.6 Å². The van der Waals surface area contributed by atoms with Crippen LogP contribution in [-0.4, -0.2) is 17.0 Å². The fraction of sp³-hybridized carbons (Fsp3) is 0.389. The first-order chi connectivity index (χ1) is 9.99. The molecule has 1 aromatic carbocycles. The Bertz CT molecular complexity index is 644. The van der Waals surface area contributed by atoms with Crippen LogP contribution in [0.1, 0.15) is 38.2 Å². The van der Waals surface area contributed by atoms with Crippen LogP contribution in [0, 0.1) is 11.2 Å². The van der Waals surface area contributed by atoms with Crippen LogP contribution in [-0.2, 0) is 4.79 Å². The fourth-order valence-corrected chi connectivity index (χ4v) is 3.43. The maximum atomic E-state index is 13.3. The van der Waals surface area contributed by atoms with E-state index in [-0.39, 0.29) is 17.0 Å². The van der Waals surface area contributed by atoms with Crippen LogP contribution < -0.4 is 0 Å². The van der Waals surface area contributed by atoms with E-state index in [9.17, 15) is 14.3 Å². The molecule has 1 saturated carbocycles. The smallest absolute Gasteiger partial charge is 0.181 e. The van der Waals surface area contributed by atoms with E-state index in [4.69, 9.17) is 0 Å². The van der Waals surface area contributed by atoms with Gasteiger partial charge in [-0.05, 0) is 55.5 Å². The van der Waals surface area contributed by atoms with Crippen LogP contribution in [0.4, 0.5) is 4.39 Å². The number of hydrogen-bond donors (Lipinski definition) is 1. The second kappa shape index (κ2) is 5.23. The van der Waals surface area contributed by atoms with Gasteiger partial charge in [-0.3, -0.25) is 4.79 Å². The van der Waals surface area contributed by atoms with Crippen molar-refractivity contribution >= 4 is 11.9 Å². The molecule has 110 valence electrons. The van der Waals surface area contributed by atoms with Crippen LogP contribution in [0.25, 0.3) is 6.08 Å². The molecule has 2 aliphatic rings. The van der Waals surface area contributed by atoms with Crippen LogP contribution in [0.5, 0.6) is 0 Å². The zero-order chi connectivity index (χ0) is 15.0. The van der Waals surface area contributed by atoms with Gasteiger partial charge >= 0.3 is 0 Å². The number of carbonyl (C=O) groups is 1. The molecule has 21 heavy (non-hydrogen) atoms. The Hall–Kier alpha value is -1.74. The van der Waals surface area contributed by atoms with Gasteiger partial charge in [-0.2, -0.15) is 0 Å². The summed E-state index contributed by atoms with van der Waals surface area (Å²) < 4.78 is 13.3. The lowest BCUT2D eigenvalue weighted by Crippen LogP contribution is -2.40. The highest BCUT2D eigenvalue weighted by molar-refractivity contribution is 6.08. The first kappa shape index (κ1) is 14.2. The summed E-state index contributed by atoms with van der Waals surface area (Å²) in [4.78, 5) is 12.3. The Morgan fingerprint density at radius 1 is 1.43 bits per heavy atom. The maximum Gasteiger partial charge on any atom is 0.181 e. The fourth-order valence-electron chi connectivity index (χ4n) is 3.43. The Morgan fingerprint density at radius 2 is 2.24 bits per heavy atom. The van der Waals surface area contributed by atoms with Gasteiger partial charge in [0.1, 0.15) is 5.82 Å². The average Bonchev–Trinajstić information content (AvgIpc) is 2.43. The summed E-state index contributed by atoms with van der Waals surface area (Å²) in [6, 6.07) is 6.21. The summed E-state index contributed by atoms with van der Waals surface area (Å²) in [5.41, 5.74) is 2.03. The van der Waals surface area contributed by atoms with Crippen molar-refractivity contribution in [3.8, 4) is 0 Å². The van der Waals surface area contributed by atoms with E-state index in [2.05, 4.69) is 0 Å². The van der Waals surface area contributed by atoms with Crippen LogP contribution in [0.2, 0.25) is 0 Å². The highest BCUT2D eigenvalue weighted by Gasteiger charge is 2.43. The number of rotatable bonds is 1. The molecule has 3 rings (SSSR count). The van der Waals surface area contributed by atoms with E-state index < -0.39 is 6.10 Å². The molecule has 1 fully saturated rings. The van der Waals surface area contributed by atoms with Crippen molar-refractivity contribution in [3.05, 3.63) is 52.9 Å². The Kier molecular flexibility index (Phi) is 3.54. The van der Waals surface area contributed by atoms with Crippen molar-refractivity contribution in [1.82, 2.24) is 0 Å². The van der Waals surface area contributed by atoms with E-state index in [1.54, 1.807) is 24.3 Å². The number of halogens is 1. The first-order valence-electron chi connectivity index (χ1n) is 7.38. The number of benzene rings is 1. The SMILES string of the molecule is C[C@]12C/C(=C\c3cccc(F)c3)C(=O)C=C1CCC[C@@H]2O. The van der Waals surface area contributed by atoms with E-state index in [0.29, 0.717) is 17.6 Å². The number of ketones is 1. The molecular weight excluding hydrogens is 267 g/mol. The average molecular weight is 286 g/mol. The van der Waals surface area contributed by atoms with Crippen molar-refractivity contribution in [2.24, 2.45) is 5.41 Å². The number of hydrogen-bond acceptors (Lipinski definition) is 2. The molecule has 0 radical (unpaired) electrons. The van der Waals surface area contributed by atoms with Gasteiger partial charge < -0.3 is 5.11 Å². The molecule has 0 spiro atoms. The highest BCUT2D eigenvalue weighted by atomic mass is 19.1. The van der Waals surface area contributed by atoms with Crippen molar-refractivity contribution in [2.75, 3.05) is 0 Å². The molecule has 2 nitrogen and oxygen atoms in total. The normalized spacial score (nSPS) is 31.0. The zero-order valence-electron chi connectivity index (χ0n) is 12.1. The van der Waals surface area contributed by atoms with Crippen molar-refractivity contribution in [3.63, 3.8) is 0 Å². The third-order valence-electron chi connectivity index (χ3n) is 4.76. The molecule has 2 aliphatic carbocycles. The largest absolute Gasteiger partial charge is 0.392 e. The van der Waals surface area contributed by atoms with E-state index in [1.165, 1.54) is 12.1 Å². The van der Waals surface area contributed by atoms with Gasteiger partial charge in [0.2, 0.25) is 0 Å². The molecule has 0 saturated heterocycles. The van der Waals surface area contributed by atoms with Gasteiger partial charge in [-0.15, -0.1) is 0 Å². The van der Waals surface area contributed by atoms with E-state index in [1.807, 2.05) is 6.92 Å². The number of aliphatic hydroxyl groups is 1. The predicted molar refractivity (Wildman–Crippen MR) is 80.0 cm³/mol. The van der Waals surface area contributed by atoms with Crippen LogP contribution in [0.15, 0.2) is 41.5 Å². The summed E-state index contributed by atoms with van der Waals surface area (Å²) >= 11 is 0. The lowest BCUT2D eigenvalue weighted by molar-refractivity contribution is -0.112. The highest BCUT2D eigenvalue weighted by Crippen LogP contribution is 2.48. The summed E-state index contributed by atoms with van der Waals surface area (Å²) in [6.45, 7) is 2.02. The van der Waals surface area contributed by atoms with Gasteiger partial charge in [0.05, 0.1) is 6.10 Å². The number of fused-ring (bicyclic) bond motifs is 1. The molecule has 3 heteroatoms. The maximum absolute atomic E-state index is 13.3. The third-order valence-corrected chi connectivity index (χ3v) is 4.76. The minimum absolute atomic E-state index is 0.0131. The van der Waals surface area contributed by atoms with Crippen molar-refractivity contribution in [2.45, 2.75) is 38.7 Å². The summed E-state index contributed by atoms with van der Waals surface area (Å²) in [5.74, 6) is -0.325. The monoisotopic (exact) mass is 286 g/mol. The van der Waals surface area contributed by atoms with Gasteiger partial charge in [-0.25, -0.2) is 4.39 Å². The topological polar surface area (TPSA) is 37.3 Å². The minimum atomic E-state index is -0.415. The summed E-state index contributed by atoms with van der Waals surface area (Å²) in [7, 11) is 0. The molecule has 0 bridgehead atoms. The molecule has 0 amide bonds. The second-order valence-corrected chi connectivity index (χ2v) is 6.26. The minimum Gasteiger partial charge on any atom is -0.392 e. The quantitative estimate of drug-likeness (QED) is 0.800. The molecule has 0 heterocycles. The van der Waals surface area contributed by atoms with Gasteiger partial charge in [0.25, 0.3) is 0 Å². The Labute approximate surface area is 124 Å². The molecule has 0 aromatic heterocycles. The van der Waals surface area contributed by atoms with Gasteiger partial charge in [0.15, 0.2) is 5.78 Å². The predicted octanol–water partition coefficient (Wildman–Crippen LogP) is 3.66. The number of carbonyl (C=O) groups excluding carboxylic acids is 1. The standard InChI is InChI=1S/C18H19FO2/c1-18-11-13(8-12-4-2-6-15(19)9-12)16(20)10-14(18)5-3-7-17(18)21/h2,4,6,8-10,17,21H,3,5,7,11H2,1H3/b13-8+/t17-,18-/m0/s1. The van der Waals surface area contributed by atoms with Crippen LogP contribution in [0.3, 0.4) is 0 Å². The lowest BCUT2D eigenvalue weighted by atomic mass is 9.63. The molecule has 0 unspecified atom stereocenters. The molecule has 2 atom stereocenters. The van der Waals surface area contributed by atoms with Crippen LogP contribution >= 0.6 is 0 Å². The molecule has 1 N–H and O–H groups in total. The summed E-state index contributed by atoms with van der Waals surface area (Å²) in [5, 5.41) is 10.3. The second-order valence-electron chi connectivity index (χ2n) is 6.26. The Balaban J connectivity index is 1.98. The molecule has 0 aliphatic heterocycles. The number of aliphatic hydroxyl groups excluding tert-OH is 1. The number of allylic oxidation sites excluding steroid dienone is 2. The first-order valence-corrected chi connectivity index (χ1v) is 7.38. The van der Waals surface area contributed by atoms with Crippen molar-refractivity contribution in [1.29, 1.82) is 0 Å². The molecule has 1 aromatic rings. The van der Waals surface area contributed by atoms with E-state index >= 15 is 0 Å². The Morgan fingerprint density at radius 3 is 3.00 bits per heavy atom. The van der Waals surface area contributed by atoms with E-state index in [0.717, 1.165) is 24.8 Å².